The number of hydrogen-bond acceptors (Lipinski definition) is 9. The van der Waals surface area contributed by atoms with Crippen molar-refractivity contribution in [2.24, 2.45) is 0 Å². The highest BCUT2D eigenvalue weighted by molar-refractivity contribution is 8.01. The first-order chi connectivity index (χ1) is 15.9. The third-order valence-corrected chi connectivity index (χ3v) is 8.01. The second-order valence-electron chi connectivity index (χ2n) is 6.38. The van der Waals surface area contributed by atoms with Crippen molar-refractivity contribution in [1.29, 1.82) is 0 Å². The maximum atomic E-state index is 13.5. The topological polar surface area (TPSA) is 111 Å². The number of anilines is 2. The fourth-order valence-electron chi connectivity index (χ4n) is 2.75. The molecule has 12 heteroatoms. The Morgan fingerprint density at radius 1 is 1.15 bits per heavy atom. The molecule has 0 saturated carbocycles. The summed E-state index contributed by atoms with van der Waals surface area (Å²) in [5.41, 5.74) is 0.227. The molecule has 3 rings (SSSR count). The van der Waals surface area contributed by atoms with Gasteiger partial charge in [0.1, 0.15) is 18.0 Å². The summed E-state index contributed by atoms with van der Waals surface area (Å²) in [6, 6.07) is 12.5. The Labute approximate surface area is 200 Å². The van der Waals surface area contributed by atoms with Crippen molar-refractivity contribution < 1.29 is 22.7 Å². The summed E-state index contributed by atoms with van der Waals surface area (Å²) < 4.78 is 39.2. The van der Waals surface area contributed by atoms with Gasteiger partial charge in [-0.1, -0.05) is 41.3 Å². The van der Waals surface area contributed by atoms with Gasteiger partial charge in [-0.3, -0.25) is 14.4 Å². The van der Waals surface area contributed by atoms with E-state index in [-0.39, 0.29) is 15.7 Å². The van der Waals surface area contributed by atoms with Gasteiger partial charge in [0.05, 0.1) is 24.8 Å². The van der Waals surface area contributed by atoms with Crippen LogP contribution in [-0.4, -0.2) is 51.0 Å². The van der Waals surface area contributed by atoms with Crippen LogP contribution in [0.4, 0.5) is 10.8 Å². The summed E-state index contributed by atoms with van der Waals surface area (Å²) in [7, 11) is -1.20. The number of amides is 1. The van der Waals surface area contributed by atoms with Gasteiger partial charge in [-0.15, -0.1) is 16.8 Å². The van der Waals surface area contributed by atoms with Gasteiger partial charge in [0.2, 0.25) is 11.0 Å². The van der Waals surface area contributed by atoms with Crippen molar-refractivity contribution in [3.8, 4) is 11.5 Å². The van der Waals surface area contributed by atoms with Crippen molar-refractivity contribution in [1.82, 2.24) is 10.2 Å². The van der Waals surface area contributed by atoms with Crippen LogP contribution < -0.4 is 19.1 Å². The Bertz CT molecular complexity index is 1210. The molecule has 0 fully saturated rings. The van der Waals surface area contributed by atoms with E-state index in [1.807, 2.05) is 0 Å². The number of rotatable bonds is 11. The van der Waals surface area contributed by atoms with Gasteiger partial charge >= 0.3 is 0 Å². The first-order valence-electron chi connectivity index (χ1n) is 9.56. The van der Waals surface area contributed by atoms with Gasteiger partial charge in [-0.25, -0.2) is 8.42 Å². The number of sulfonamides is 1. The summed E-state index contributed by atoms with van der Waals surface area (Å²) in [5.74, 6) is 0.900. The highest BCUT2D eigenvalue weighted by atomic mass is 32.2. The number of carbonyl (C=O) groups is 1. The molecule has 0 saturated heterocycles. The fourth-order valence-corrected chi connectivity index (χ4v) is 5.71. The summed E-state index contributed by atoms with van der Waals surface area (Å²) >= 11 is 2.63. The minimum Gasteiger partial charge on any atom is -0.497 e. The minimum absolute atomic E-state index is 0.000956. The van der Waals surface area contributed by atoms with Gasteiger partial charge < -0.3 is 9.47 Å². The van der Waals surface area contributed by atoms with Crippen molar-refractivity contribution in [2.75, 3.05) is 36.1 Å². The van der Waals surface area contributed by atoms with E-state index in [2.05, 4.69) is 22.1 Å². The van der Waals surface area contributed by atoms with Gasteiger partial charge in [-0.2, -0.15) is 0 Å². The van der Waals surface area contributed by atoms with Crippen molar-refractivity contribution in [3.63, 3.8) is 0 Å². The first-order valence-corrected chi connectivity index (χ1v) is 12.8. The number of benzene rings is 2. The largest absolute Gasteiger partial charge is 0.497 e. The third kappa shape index (κ3) is 6.03. The Hall–Kier alpha value is -3.09. The van der Waals surface area contributed by atoms with E-state index in [1.54, 1.807) is 30.3 Å². The van der Waals surface area contributed by atoms with Crippen LogP contribution in [0, 0.1) is 0 Å². The molecule has 0 atom stereocenters. The molecule has 174 valence electrons. The number of nitrogens with one attached hydrogen (secondary N) is 1. The standard InChI is InChI=1S/C21H22N4O5S3/c1-4-13-31-21-24-23-20(32-21)22-19(26)14-25(17-7-5-6-8-18(17)30-3)33(27,28)16-11-9-15(29-2)10-12-16/h4-12H,1,13-14H2,2-3H3,(H,22,23,26). The highest BCUT2D eigenvalue weighted by Crippen LogP contribution is 2.33. The zero-order chi connectivity index (χ0) is 23.8. The molecule has 2 aromatic carbocycles. The molecule has 1 aromatic heterocycles. The zero-order valence-electron chi connectivity index (χ0n) is 17.9. The smallest absolute Gasteiger partial charge is 0.264 e. The van der Waals surface area contributed by atoms with E-state index in [0.717, 1.165) is 4.31 Å². The maximum absolute atomic E-state index is 13.5. The lowest BCUT2D eigenvalue weighted by molar-refractivity contribution is -0.114. The van der Waals surface area contributed by atoms with Crippen molar-refractivity contribution in [3.05, 3.63) is 61.2 Å². The SMILES string of the molecule is C=CCSc1nnc(NC(=O)CN(c2ccccc2OC)S(=O)(=O)c2ccc(OC)cc2)s1. The van der Waals surface area contributed by atoms with Crippen LogP contribution in [0.5, 0.6) is 11.5 Å². The van der Waals surface area contributed by atoms with Crippen LogP contribution in [-0.2, 0) is 14.8 Å². The molecule has 0 bridgehead atoms. The molecule has 9 nitrogen and oxygen atoms in total. The van der Waals surface area contributed by atoms with Crippen LogP contribution in [0.3, 0.4) is 0 Å². The second kappa shape index (κ2) is 11.2. The molecule has 0 unspecified atom stereocenters. The summed E-state index contributed by atoms with van der Waals surface area (Å²) in [5, 5.41) is 10.8. The average molecular weight is 507 g/mol. The van der Waals surface area contributed by atoms with Crippen LogP contribution >= 0.6 is 23.1 Å². The minimum atomic E-state index is -4.12. The maximum Gasteiger partial charge on any atom is 0.264 e. The molecule has 0 aliphatic heterocycles. The Balaban J connectivity index is 1.91. The van der Waals surface area contributed by atoms with Crippen molar-refractivity contribution >= 4 is 49.8 Å². The molecule has 1 amide bonds. The van der Waals surface area contributed by atoms with E-state index < -0.39 is 22.5 Å². The normalized spacial score (nSPS) is 11.0. The highest BCUT2D eigenvalue weighted by Gasteiger charge is 2.29. The van der Waals surface area contributed by atoms with E-state index >= 15 is 0 Å². The van der Waals surface area contributed by atoms with E-state index in [1.165, 1.54) is 61.6 Å². The van der Waals surface area contributed by atoms with Gasteiger partial charge in [0, 0.05) is 5.75 Å². The summed E-state index contributed by atoms with van der Waals surface area (Å²) in [6.07, 6.45) is 1.74. The summed E-state index contributed by atoms with van der Waals surface area (Å²) in [4.78, 5) is 12.8. The number of carbonyl (C=O) groups excluding carboxylic acids is 1. The van der Waals surface area contributed by atoms with Gasteiger partial charge in [0.25, 0.3) is 10.0 Å². The lowest BCUT2D eigenvalue weighted by Gasteiger charge is -2.25. The van der Waals surface area contributed by atoms with Gasteiger partial charge in [-0.05, 0) is 36.4 Å². The molecule has 1 heterocycles. The predicted octanol–water partition coefficient (Wildman–Crippen LogP) is 3.67. The zero-order valence-corrected chi connectivity index (χ0v) is 20.4. The number of methoxy groups -OCH3 is 2. The molecule has 0 aliphatic rings. The van der Waals surface area contributed by atoms with Crippen molar-refractivity contribution in [2.45, 2.75) is 9.24 Å². The van der Waals surface area contributed by atoms with Crippen LogP contribution in [0.2, 0.25) is 0 Å². The molecular weight excluding hydrogens is 484 g/mol. The number of thioether (sulfide) groups is 1. The number of aromatic nitrogens is 2. The number of nitrogens with zero attached hydrogens (tertiary/aromatic N) is 3. The van der Waals surface area contributed by atoms with E-state index in [0.29, 0.717) is 21.6 Å². The Morgan fingerprint density at radius 2 is 1.88 bits per heavy atom. The Kier molecular flexibility index (Phi) is 8.31. The van der Waals surface area contributed by atoms with Crippen LogP contribution in [0.1, 0.15) is 0 Å². The molecular formula is C21H22N4O5S3. The molecule has 0 aliphatic carbocycles. The third-order valence-electron chi connectivity index (χ3n) is 4.27. The fraction of sp³-hybridized carbons (Fsp3) is 0.190. The predicted molar refractivity (Wildman–Crippen MR) is 130 cm³/mol. The molecule has 3 aromatic rings. The molecule has 0 radical (unpaired) electrons. The monoisotopic (exact) mass is 506 g/mol. The van der Waals surface area contributed by atoms with Gasteiger partial charge in [0.15, 0.2) is 4.34 Å². The lowest BCUT2D eigenvalue weighted by atomic mass is 10.3. The number of para-hydroxylation sites is 2. The van der Waals surface area contributed by atoms with Crippen LogP contribution in [0.15, 0.2) is 70.4 Å². The molecule has 33 heavy (non-hydrogen) atoms. The van der Waals surface area contributed by atoms with Crippen LogP contribution in [0.25, 0.3) is 0 Å². The van der Waals surface area contributed by atoms with E-state index in [4.69, 9.17) is 9.47 Å². The average Bonchev–Trinajstić information content (AvgIpc) is 3.28. The molecule has 0 spiro atoms. The van der Waals surface area contributed by atoms with E-state index in [9.17, 15) is 13.2 Å². The number of hydrogen-bond donors (Lipinski definition) is 1. The Morgan fingerprint density at radius 3 is 2.55 bits per heavy atom. The second-order valence-corrected chi connectivity index (χ2v) is 10.5. The lowest BCUT2D eigenvalue weighted by Crippen LogP contribution is -2.38. The first kappa shape index (κ1) is 24.6. The summed E-state index contributed by atoms with van der Waals surface area (Å²) in [6.45, 7) is 3.15. The molecule has 1 N–H and O–H groups in total. The number of ether oxygens (including phenoxy) is 2. The quantitative estimate of drug-likeness (QED) is 0.238.